The van der Waals surface area contributed by atoms with Crippen LogP contribution in [-0.4, -0.2) is 79.1 Å². The minimum Gasteiger partial charge on any atom is -0.383 e. The van der Waals surface area contributed by atoms with Gasteiger partial charge in [0.2, 0.25) is 0 Å². The second kappa shape index (κ2) is 8.94. The fourth-order valence-electron chi connectivity index (χ4n) is 5.53. The molecule has 166 valence electrons. The molecular weight excluding hydrogens is 376 g/mol. The first-order chi connectivity index (χ1) is 14.2. The molecule has 1 aromatic carbocycles. The smallest absolute Gasteiger partial charge is 0.166 e. The van der Waals surface area contributed by atoms with Gasteiger partial charge in [-0.1, -0.05) is 30.3 Å². The molecule has 1 aromatic rings. The van der Waals surface area contributed by atoms with Crippen molar-refractivity contribution in [3.63, 3.8) is 0 Å². The van der Waals surface area contributed by atoms with Crippen LogP contribution in [0.3, 0.4) is 0 Å². The zero-order valence-electron chi connectivity index (χ0n) is 19.3. The molecule has 1 N–H and O–H groups in total. The highest BCUT2D eigenvalue weighted by Crippen LogP contribution is 2.49. The first-order valence-electron chi connectivity index (χ1n) is 11.0. The molecule has 2 fully saturated rings. The summed E-state index contributed by atoms with van der Waals surface area (Å²) >= 11 is 0. The average molecular weight is 415 g/mol. The summed E-state index contributed by atoms with van der Waals surface area (Å²) in [7, 11) is 6.07. The van der Waals surface area contributed by atoms with Gasteiger partial charge in [0, 0.05) is 37.8 Å². The van der Waals surface area contributed by atoms with E-state index in [0.29, 0.717) is 19.7 Å². The van der Waals surface area contributed by atoms with E-state index in [-0.39, 0.29) is 11.1 Å². The van der Waals surface area contributed by atoms with E-state index in [4.69, 9.17) is 4.74 Å². The molecule has 1 aliphatic carbocycles. The molecule has 30 heavy (non-hydrogen) atoms. The molecule has 6 nitrogen and oxygen atoms in total. The van der Waals surface area contributed by atoms with Crippen LogP contribution >= 0.6 is 0 Å². The van der Waals surface area contributed by atoms with Crippen molar-refractivity contribution < 1.29 is 9.84 Å². The van der Waals surface area contributed by atoms with Crippen molar-refractivity contribution in [2.24, 2.45) is 5.41 Å². The Kier molecular flexibility index (Phi) is 6.91. The van der Waals surface area contributed by atoms with E-state index in [1.165, 1.54) is 5.56 Å². The highest BCUT2D eigenvalue weighted by Gasteiger charge is 2.54. The summed E-state index contributed by atoms with van der Waals surface area (Å²) in [6.07, 6.45) is 3.41. The second-order valence-electron chi connectivity index (χ2n) is 9.95. The van der Waals surface area contributed by atoms with Gasteiger partial charge < -0.3 is 9.84 Å². The molecule has 1 spiro atoms. The van der Waals surface area contributed by atoms with Crippen molar-refractivity contribution in [3.8, 4) is 6.07 Å². The van der Waals surface area contributed by atoms with Gasteiger partial charge >= 0.3 is 0 Å². The van der Waals surface area contributed by atoms with E-state index in [0.717, 1.165) is 32.2 Å². The monoisotopic (exact) mass is 414 g/mol. The Hall–Kier alpha value is -1.49. The Morgan fingerprint density at radius 1 is 1.20 bits per heavy atom. The van der Waals surface area contributed by atoms with E-state index in [1.54, 1.807) is 7.11 Å². The van der Waals surface area contributed by atoms with Gasteiger partial charge in [-0.15, -0.1) is 0 Å². The maximum Gasteiger partial charge on any atom is 0.166 e. The highest BCUT2D eigenvalue weighted by atomic mass is 16.5. The van der Waals surface area contributed by atoms with Crippen LogP contribution < -0.4 is 0 Å². The number of nitrogens with zero attached hydrogens (tertiary/aromatic N) is 4. The van der Waals surface area contributed by atoms with Crippen LogP contribution in [0.5, 0.6) is 0 Å². The first kappa shape index (κ1) is 23.2. The van der Waals surface area contributed by atoms with Crippen molar-refractivity contribution in [3.05, 3.63) is 35.9 Å². The number of ether oxygens (including phenoxy) is 1. The van der Waals surface area contributed by atoms with Crippen molar-refractivity contribution >= 4 is 0 Å². The second-order valence-corrected chi connectivity index (χ2v) is 9.95. The number of hydrogen-bond acceptors (Lipinski definition) is 6. The standard InChI is InChI=1S/C24H38N4O2/c1-22(2,17-25)18-27-19-23(28(21(27)29)15-16-30-5)11-13-24(14-12-23,26(3)4)20-9-7-6-8-10-20/h6-10,21,29H,11-16,18-19H2,1-5H3/t21?,23-,24+. The van der Waals surface area contributed by atoms with Gasteiger partial charge in [-0.05, 0) is 59.2 Å². The molecule has 1 saturated heterocycles. The van der Waals surface area contributed by atoms with Crippen LogP contribution in [0.4, 0.5) is 0 Å². The van der Waals surface area contributed by atoms with Crippen molar-refractivity contribution in [1.82, 2.24) is 14.7 Å². The summed E-state index contributed by atoms with van der Waals surface area (Å²) in [5.41, 5.74) is 0.807. The number of rotatable bonds is 7. The third kappa shape index (κ3) is 4.28. The summed E-state index contributed by atoms with van der Waals surface area (Å²) in [4.78, 5) is 6.69. The molecule has 0 aromatic heterocycles. The number of methoxy groups -OCH3 is 1. The van der Waals surface area contributed by atoms with E-state index in [1.807, 2.05) is 13.8 Å². The van der Waals surface area contributed by atoms with Crippen LogP contribution in [0.25, 0.3) is 0 Å². The Balaban J connectivity index is 1.86. The lowest BCUT2D eigenvalue weighted by atomic mass is 9.68. The molecule has 1 saturated carbocycles. The van der Waals surface area contributed by atoms with Crippen LogP contribution in [0.15, 0.2) is 30.3 Å². The number of hydrogen-bond donors (Lipinski definition) is 1. The van der Waals surface area contributed by atoms with Crippen LogP contribution in [0, 0.1) is 16.7 Å². The Labute approximate surface area is 182 Å². The van der Waals surface area contributed by atoms with Crippen molar-refractivity contribution in [2.45, 2.75) is 57.0 Å². The molecule has 0 amide bonds. The molecule has 1 aliphatic heterocycles. The summed E-state index contributed by atoms with van der Waals surface area (Å²) in [6, 6.07) is 13.2. The number of aliphatic hydroxyl groups is 1. The van der Waals surface area contributed by atoms with Gasteiger partial charge in [-0.3, -0.25) is 14.7 Å². The van der Waals surface area contributed by atoms with E-state index in [2.05, 4.69) is 65.2 Å². The normalized spacial score (nSPS) is 30.8. The molecule has 2 aliphatic rings. The topological polar surface area (TPSA) is 63.0 Å². The summed E-state index contributed by atoms with van der Waals surface area (Å²) in [6.45, 7) is 6.52. The largest absolute Gasteiger partial charge is 0.383 e. The molecule has 6 heteroatoms. The summed E-state index contributed by atoms with van der Waals surface area (Å²) in [5, 5.41) is 20.7. The number of benzene rings is 1. The fourth-order valence-corrected chi connectivity index (χ4v) is 5.53. The number of nitriles is 1. The molecule has 1 heterocycles. The van der Waals surface area contributed by atoms with E-state index in [9.17, 15) is 10.4 Å². The zero-order valence-corrected chi connectivity index (χ0v) is 19.3. The van der Waals surface area contributed by atoms with Gasteiger partial charge in [-0.25, -0.2) is 0 Å². The highest BCUT2D eigenvalue weighted by molar-refractivity contribution is 5.26. The quantitative estimate of drug-likeness (QED) is 0.740. The molecule has 1 unspecified atom stereocenters. The first-order valence-corrected chi connectivity index (χ1v) is 11.0. The summed E-state index contributed by atoms with van der Waals surface area (Å²) < 4.78 is 5.36. The lowest BCUT2D eigenvalue weighted by Crippen LogP contribution is -2.56. The average Bonchev–Trinajstić information content (AvgIpc) is 2.97. The molecular formula is C24H38N4O2. The molecule has 0 radical (unpaired) electrons. The SMILES string of the molecule is COCCN1C(O)N(CC(C)(C)C#N)C[C@]12CC[C@](c1ccccc1)(N(C)C)CC2. The molecule has 0 bridgehead atoms. The third-order valence-corrected chi connectivity index (χ3v) is 7.32. The maximum absolute atomic E-state index is 11.2. The van der Waals surface area contributed by atoms with Gasteiger partial charge in [0.25, 0.3) is 0 Å². The van der Waals surface area contributed by atoms with E-state index >= 15 is 0 Å². The minimum absolute atomic E-state index is 0.0176. The van der Waals surface area contributed by atoms with Gasteiger partial charge in [0.1, 0.15) is 0 Å². The van der Waals surface area contributed by atoms with Gasteiger partial charge in [-0.2, -0.15) is 5.26 Å². The van der Waals surface area contributed by atoms with E-state index < -0.39 is 11.8 Å². The summed E-state index contributed by atoms with van der Waals surface area (Å²) in [5.74, 6) is 0. The predicted molar refractivity (Wildman–Crippen MR) is 119 cm³/mol. The zero-order chi connectivity index (χ0) is 22.0. The maximum atomic E-state index is 11.2. The Morgan fingerprint density at radius 2 is 1.83 bits per heavy atom. The fraction of sp³-hybridized carbons (Fsp3) is 0.708. The lowest BCUT2D eigenvalue weighted by Gasteiger charge is -2.51. The van der Waals surface area contributed by atoms with Gasteiger partial charge in [0.05, 0.1) is 18.1 Å². The van der Waals surface area contributed by atoms with Crippen LogP contribution in [0.2, 0.25) is 0 Å². The molecule has 1 atom stereocenters. The Morgan fingerprint density at radius 3 is 2.37 bits per heavy atom. The van der Waals surface area contributed by atoms with Crippen LogP contribution in [0.1, 0.15) is 45.1 Å². The predicted octanol–water partition coefficient (Wildman–Crippen LogP) is 2.85. The van der Waals surface area contributed by atoms with Crippen molar-refractivity contribution in [1.29, 1.82) is 5.26 Å². The lowest BCUT2D eigenvalue weighted by molar-refractivity contribution is -0.101. The molecule has 3 rings (SSSR count). The van der Waals surface area contributed by atoms with Crippen LogP contribution in [-0.2, 0) is 10.3 Å². The Bertz CT molecular complexity index is 735. The van der Waals surface area contributed by atoms with Gasteiger partial charge in [0.15, 0.2) is 6.35 Å². The number of aliphatic hydroxyl groups excluding tert-OH is 1. The van der Waals surface area contributed by atoms with Crippen molar-refractivity contribution in [2.75, 3.05) is 47.4 Å². The third-order valence-electron chi connectivity index (χ3n) is 7.32. The minimum atomic E-state index is -0.670.